The van der Waals surface area contributed by atoms with Gasteiger partial charge in [-0.05, 0) is 55.0 Å². The van der Waals surface area contributed by atoms with E-state index in [1.165, 1.54) is 10.5 Å². The van der Waals surface area contributed by atoms with Gasteiger partial charge in [0.1, 0.15) is 5.75 Å². The van der Waals surface area contributed by atoms with Gasteiger partial charge in [0.15, 0.2) is 0 Å². The maximum absolute atomic E-state index is 13.2. The van der Waals surface area contributed by atoms with Gasteiger partial charge in [-0.3, -0.25) is 4.79 Å². The zero-order valence-corrected chi connectivity index (χ0v) is 21.0. The minimum absolute atomic E-state index is 0. The van der Waals surface area contributed by atoms with Crippen molar-refractivity contribution in [1.82, 2.24) is 9.80 Å². The van der Waals surface area contributed by atoms with E-state index in [-0.39, 0.29) is 36.5 Å². The number of nitrogens with zero attached hydrogens (tertiary/aromatic N) is 3. The van der Waals surface area contributed by atoms with E-state index in [1.807, 2.05) is 47.4 Å². The Kier molecular flexibility index (Phi) is 8.31. The van der Waals surface area contributed by atoms with Crippen molar-refractivity contribution < 1.29 is 19.1 Å². The number of likely N-dealkylation sites (tertiary alicyclic amines) is 1. The van der Waals surface area contributed by atoms with Gasteiger partial charge in [-0.25, -0.2) is 9.69 Å². The minimum atomic E-state index is -0.174. The molecule has 3 fully saturated rings. The zero-order valence-electron chi connectivity index (χ0n) is 20.2. The molecule has 35 heavy (non-hydrogen) atoms. The van der Waals surface area contributed by atoms with Gasteiger partial charge in [0.2, 0.25) is 5.91 Å². The molecule has 5 rings (SSSR count). The van der Waals surface area contributed by atoms with E-state index >= 15 is 0 Å². The topological polar surface area (TPSA) is 62.3 Å². The quantitative estimate of drug-likeness (QED) is 0.585. The summed E-state index contributed by atoms with van der Waals surface area (Å²) in [7, 11) is 1.68. The van der Waals surface area contributed by atoms with E-state index in [2.05, 4.69) is 17.0 Å². The summed E-state index contributed by atoms with van der Waals surface area (Å²) >= 11 is 0. The van der Waals surface area contributed by atoms with Crippen molar-refractivity contribution in [2.24, 2.45) is 5.92 Å². The molecule has 0 radical (unpaired) electrons. The normalized spacial score (nSPS) is 23.9. The molecule has 8 heteroatoms. The first-order chi connectivity index (χ1) is 16.6. The lowest BCUT2D eigenvalue weighted by molar-refractivity contribution is -0.119. The molecule has 2 unspecified atom stereocenters. The van der Waals surface area contributed by atoms with E-state index in [0.29, 0.717) is 24.6 Å². The maximum atomic E-state index is 13.2. The highest BCUT2D eigenvalue weighted by Gasteiger charge is 2.38. The third kappa shape index (κ3) is 5.63. The number of carbonyl (C=O) groups excluding carboxylic acids is 2. The highest BCUT2D eigenvalue weighted by molar-refractivity contribution is 6.15. The zero-order chi connectivity index (χ0) is 23.5. The van der Waals surface area contributed by atoms with Crippen molar-refractivity contribution >= 4 is 30.0 Å². The number of urea groups is 1. The molecule has 3 saturated heterocycles. The highest BCUT2D eigenvalue weighted by atomic mass is 35.5. The lowest BCUT2D eigenvalue weighted by Gasteiger charge is -2.42. The number of carbonyl (C=O) groups is 2. The number of amides is 3. The monoisotopic (exact) mass is 499 g/mol. The Morgan fingerprint density at radius 2 is 1.69 bits per heavy atom. The van der Waals surface area contributed by atoms with Crippen LogP contribution in [0.15, 0.2) is 54.6 Å². The van der Waals surface area contributed by atoms with Crippen molar-refractivity contribution in [1.29, 1.82) is 0 Å². The molecule has 7 nitrogen and oxygen atoms in total. The number of methoxy groups -OCH3 is 1. The van der Waals surface area contributed by atoms with Crippen LogP contribution in [-0.2, 0) is 9.53 Å². The number of ether oxygens (including phenoxy) is 2. The highest BCUT2D eigenvalue weighted by Crippen LogP contribution is 2.34. The summed E-state index contributed by atoms with van der Waals surface area (Å²) in [4.78, 5) is 31.5. The summed E-state index contributed by atoms with van der Waals surface area (Å²) in [5.74, 6) is 1.27. The number of hydrogen-bond acceptors (Lipinski definition) is 5. The summed E-state index contributed by atoms with van der Waals surface area (Å²) in [6.07, 6.45) is 3.45. The molecule has 3 amide bonds. The molecule has 3 aliphatic rings. The third-order valence-electron chi connectivity index (χ3n) is 7.35. The van der Waals surface area contributed by atoms with E-state index in [9.17, 15) is 9.59 Å². The van der Waals surface area contributed by atoms with Crippen molar-refractivity contribution in [2.45, 2.75) is 37.8 Å². The predicted molar refractivity (Wildman–Crippen MR) is 137 cm³/mol. The Hall–Kier alpha value is -2.61. The molecule has 0 bridgehead atoms. The second-order valence-corrected chi connectivity index (χ2v) is 9.52. The van der Waals surface area contributed by atoms with Gasteiger partial charge in [0.25, 0.3) is 0 Å². The van der Waals surface area contributed by atoms with Crippen LogP contribution in [0.1, 0.15) is 37.4 Å². The Bertz CT molecular complexity index is 995. The van der Waals surface area contributed by atoms with Crippen LogP contribution < -0.4 is 9.64 Å². The number of hydrogen-bond donors (Lipinski definition) is 0. The first-order valence-electron chi connectivity index (χ1n) is 12.3. The van der Waals surface area contributed by atoms with Gasteiger partial charge in [-0.15, -0.1) is 12.4 Å². The number of para-hydroxylation sites is 1. The van der Waals surface area contributed by atoms with Gasteiger partial charge >= 0.3 is 6.03 Å². The fraction of sp³-hybridized carbons (Fsp3) is 0.481. The summed E-state index contributed by atoms with van der Waals surface area (Å²) in [6, 6.07) is 17.4. The van der Waals surface area contributed by atoms with E-state index < -0.39 is 0 Å². The number of benzene rings is 2. The van der Waals surface area contributed by atoms with Crippen LogP contribution in [0.5, 0.6) is 5.75 Å². The number of anilines is 1. The van der Waals surface area contributed by atoms with E-state index in [4.69, 9.17) is 9.47 Å². The SMILES string of the molecule is COc1ccc(C2CC(CN3CCC(N4CCC(=O)N(c5ccccc5)C4=O)CC3)CO2)cc1.Cl. The fourth-order valence-electron chi connectivity index (χ4n) is 5.48. The first-order valence-corrected chi connectivity index (χ1v) is 12.3. The van der Waals surface area contributed by atoms with Crippen molar-refractivity contribution in [3.8, 4) is 5.75 Å². The van der Waals surface area contributed by atoms with Crippen molar-refractivity contribution in [3.63, 3.8) is 0 Å². The second kappa shape index (κ2) is 11.4. The summed E-state index contributed by atoms with van der Waals surface area (Å²) < 4.78 is 11.4. The molecule has 0 spiro atoms. The number of piperidine rings is 1. The van der Waals surface area contributed by atoms with Gasteiger partial charge in [0.05, 0.1) is 25.5 Å². The van der Waals surface area contributed by atoms with Crippen LogP contribution in [-0.4, -0.2) is 67.7 Å². The van der Waals surface area contributed by atoms with Crippen LogP contribution in [0.2, 0.25) is 0 Å². The van der Waals surface area contributed by atoms with E-state index in [1.54, 1.807) is 7.11 Å². The molecule has 3 aliphatic heterocycles. The van der Waals surface area contributed by atoms with Crippen LogP contribution in [0.25, 0.3) is 0 Å². The Labute approximate surface area is 213 Å². The molecule has 3 heterocycles. The molecular weight excluding hydrogens is 466 g/mol. The molecule has 0 aromatic heterocycles. The molecule has 0 aliphatic carbocycles. The smallest absolute Gasteiger partial charge is 0.331 e. The van der Waals surface area contributed by atoms with Crippen molar-refractivity contribution in [2.75, 3.05) is 44.8 Å². The summed E-state index contributed by atoms with van der Waals surface area (Å²) in [5.41, 5.74) is 1.87. The first kappa shape index (κ1) is 25.5. The Balaban J connectivity index is 0.00000289. The average molecular weight is 500 g/mol. The summed E-state index contributed by atoms with van der Waals surface area (Å²) in [6.45, 7) is 4.28. The molecule has 2 atom stereocenters. The lowest BCUT2D eigenvalue weighted by Crippen LogP contribution is -2.58. The Morgan fingerprint density at radius 1 is 0.971 bits per heavy atom. The Morgan fingerprint density at radius 3 is 2.37 bits per heavy atom. The van der Waals surface area contributed by atoms with Crippen LogP contribution in [0, 0.1) is 5.92 Å². The van der Waals surface area contributed by atoms with Gasteiger partial charge < -0.3 is 19.3 Å². The minimum Gasteiger partial charge on any atom is -0.497 e. The largest absolute Gasteiger partial charge is 0.497 e. The average Bonchev–Trinajstić information content (AvgIpc) is 3.34. The predicted octanol–water partition coefficient (Wildman–Crippen LogP) is 4.52. The van der Waals surface area contributed by atoms with E-state index in [0.717, 1.165) is 51.3 Å². The van der Waals surface area contributed by atoms with Gasteiger partial charge in [0, 0.05) is 38.6 Å². The standard InChI is InChI=1S/C27H33N3O4.ClH/c1-33-24-9-7-21(8-10-24)25-17-20(19-34-25)18-28-14-11-22(12-15-28)29-16-13-26(31)30(27(29)32)23-5-3-2-4-6-23;/h2-10,20,22,25H,11-19H2,1H3;1H. The molecule has 2 aromatic carbocycles. The molecule has 188 valence electrons. The fourth-order valence-corrected chi connectivity index (χ4v) is 5.48. The molecule has 2 aromatic rings. The maximum Gasteiger partial charge on any atom is 0.331 e. The third-order valence-corrected chi connectivity index (χ3v) is 7.35. The molecular formula is C27H34ClN3O4. The molecule has 0 N–H and O–H groups in total. The van der Waals surface area contributed by atoms with Gasteiger partial charge in [-0.2, -0.15) is 0 Å². The van der Waals surface area contributed by atoms with Crippen molar-refractivity contribution in [3.05, 3.63) is 60.2 Å². The number of rotatable bonds is 6. The summed E-state index contributed by atoms with van der Waals surface area (Å²) in [5, 5.41) is 0. The van der Waals surface area contributed by atoms with Gasteiger partial charge in [-0.1, -0.05) is 30.3 Å². The number of halogens is 1. The molecule has 0 saturated carbocycles. The second-order valence-electron chi connectivity index (χ2n) is 9.52. The number of imide groups is 1. The van der Waals surface area contributed by atoms with Crippen LogP contribution >= 0.6 is 12.4 Å². The van der Waals surface area contributed by atoms with Crippen LogP contribution in [0.3, 0.4) is 0 Å². The van der Waals surface area contributed by atoms with Crippen LogP contribution in [0.4, 0.5) is 10.5 Å². The lowest BCUT2D eigenvalue weighted by atomic mass is 9.97.